The standard InChI is InChI=1S/C20H18ClNO3S/c1-13-8-15(21)6-7-18(13)25-11-14-9-19(26-12-14)20(23)22-16-4-3-5-17(10-16)24-2/h3-10,12H,11H2,1-2H3,(H,22,23). The summed E-state index contributed by atoms with van der Waals surface area (Å²) in [5.74, 6) is 1.32. The fourth-order valence-electron chi connectivity index (χ4n) is 2.40. The van der Waals surface area contributed by atoms with Crippen LogP contribution in [0.25, 0.3) is 0 Å². The average molecular weight is 388 g/mol. The van der Waals surface area contributed by atoms with Crippen LogP contribution in [0.2, 0.25) is 5.02 Å². The Labute approximate surface area is 161 Å². The third kappa shape index (κ3) is 4.56. The number of nitrogens with one attached hydrogen (secondary N) is 1. The number of amides is 1. The summed E-state index contributed by atoms with van der Waals surface area (Å²) >= 11 is 7.34. The second-order valence-corrected chi connectivity index (χ2v) is 7.05. The highest BCUT2D eigenvalue weighted by molar-refractivity contribution is 7.12. The normalized spacial score (nSPS) is 10.4. The molecule has 4 nitrogen and oxygen atoms in total. The number of ether oxygens (including phenoxy) is 2. The van der Waals surface area contributed by atoms with Gasteiger partial charge in [0.25, 0.3) is 5.91 Å². The number of halogens is 1. The van der Waals surface area contributed by atoms with E-state index in [9.17, 15) is 4.79 Å². The van der Waals surface area contributed by atoms with Crippen LogP contribution in [0.4, 0.5) is 5.69 Å². The summed E-state index contributed by atoms with van der Waals surface area (Å²) in [6.07, 6.45) is 0. The third-order valence-electron chi connectivity index (χ3n) is 3.74. The summed E-state index contributed by atoms with van der Waals surface area (Å²) in [4.78, 5) is 13.0. The zero-order valence-electron chi connectivity index (χ0n) is 14.4. The minimum Gasteiger partial charge on any atom is -0.497 e. The molecule has 0 spiro atoms. The van der Waals surface area contributed by atoms with Crippen molar-refractivity contribution >= 4 is 34.5 Å². The first-order chi connectivity index (χ1) is 12.5. The Morgan fingerprint density at radius 3 is 2.81 bits per heavy atom. The van der Waals surface area contributed by atoms with E-state index in [4.69, 9.17) is 21.1 Å². The van der Waals surface area contributed by atoms with E-state index < -0.39 is 0 Å². The summed E-state index contributed by atoms with van der Waals surface area (Å²) in [7, 11) is 1.59. The second-order valence-electron chi connectivity index (χ2n) is 5.70. The molecule has 1 heterocycles. The van der Waals surface area contributed by atoms with Crippen molar-refractivity contribution in [2.24, 2.45) is 0 Å². The van der Waals surface area contributed by atoms with Gasteiger partial charge in [-0.3, -0.25) is 4.79 Å². The molecule has 3 aromatic rings. The molecule has 0 aliphatic carbocycles. The molecule has 0 unspecified atom stereocenters. The van der Waals surface area contributed by atoms with Crippen molar-refractivity contribution in [3.8, 4) is 11.5 Å². The molecule has 26 heavy (non-hydrogen) atoms. The molecule has 1 aromatic heterocycles. The number of carbonyl (C=O) groups excluding carboxylic acids is 1. The number of hydrogen-bond acceptors (Lipinski definition) is 4. The van der Waals surface area contributed by atoms with E-state index in [1.54, 1.807) is 19.2 Å². The molecular weight excluding hydrogens is 370 g/mol. The van der Waals surface area contributed by atoms with Gasteiger partial charge in [0.15, 0.2) is 0 Å². The van der Waals surface area contributed by atoms with E-state index in [1.165, 1.54) is 11.3 Å². The maximum atomic E-state index is 12.4. The minimum absolute atomic E-state index is 0.155. The Morgan fingerprint density at radius 2 is 2.04 bits per heavy atom. The second kappa shape index (κ2) is 8.25. The molecule has 1 amide bonds. The molecule has 0 aliphatic rings. The molecule has 0 atom stereocenters. The van der Waals surface area contributed by atoms with Crippen LogP contribution in [-0.4, -0.2) is 13.0 Å². The smallest absolute Gasteiger partial charge is 0.265 e. The summed E-state index contributed by atoms with van der Waals surface area (Å²) in [6.45, 7) is 2.34. The van der Waals surface area contributed by atoms with Crippen molar-refractivity contribution in [2.75, 3.05) is 12.4 Å². The number of benzene rings is 2. The van der Waals surface area contributed by atoms with Crippen molar-refractivity contribution < 1.29 is 14.3 Å². The fraction of sp³-hybridized carbons (Fsp3) is 0.150. The van der Waals surface area contributed by atoms with Crippen molar-refractivity contribution in [1.29, 1.82) is 0 Å². The van der Waals surface area contributed by atoms with Gasteiger partial charge < -0.3 is 14.8 Å². The molecular formula is C20H18ClNO3S. The van der Waals surface area contributed by atoms with Crippen LogP contribution in [0.15, 0.2) is 53.9 Å². The highest BCUT2D eigenvalue weighted by Gasteiger charge is 2.11. The summed E-state index contributed by atoms with van der Waals surface area (Å²) < 4.78 is 11.0. The maximum Gasteiger partial charge on any atom is 0.265 e. The summed E-state index contributed by atoms with van der Waals surface area (Å²) in [5, 5.41) is 5.48. The predicted octanol–water partition coefficient (Wildman–Crippen LogP) is 5.55. The van der Waals surface area contributed by atoms with Gasteiger partial charge in [-0.05, 0) is 54.3 Å². The number of carbonyl (C=O) groups is 1. The van der Waals surface area contributed by atoms with Crippen LogP contribution in [0.3, 0.4) is 0 Å². The van der Waals surface area contributed by atoms with Gasteiger partial charge in [0, 0.05) is 22.3 Å². The SMILES string of the molecule is COc1cccc(NC(=O)c2cc(COc3ccc(Cl)cc3C)cs2)c1. The van der Waals surface area contributed by atoms with E-state index in [2.05, 4.69) is 5.32 Å². The van der Waals surface area contributed by atoms with E-state index in [0.717, 1.165) is 16.9 Å². The van der Waals surface area contributed by atoms with Gasteiger partial charge in [0.2, 0.25) is 0 Å². The van der Waals surface area contributed by atoms with Crippen LogP contribution in [0.1, 0.15) is 20.8 Å². The minimum atomic E-state index is -0.155. The lowest BCUT2D eigenvalue weighted by molar-refractivity contribution is 0.103. The molecule has 0 aliphatic heterocycles. The Hall–Kier alpha value is -2.50. The fourth-order valence-corrected chi connectivity index (χ4v) is 3.42. The van der Waals surface area contributed by atoms with E-state index in [-0.39, 0.29) is 5.91 Å². The number of anilines is 1. The van der Waals surface area contributed by atoms with Crippen LogP contribution < -0.4 is 14.8 Å². The lowest BCUT2D eigenvalue weighted by Gasteiger charge is -2.08. The van der Waals surface area contributed by atoms with E-state index >= 15 is 0 Å². The Kier molecular flexibility index (Phi) is 5.81. The summed E-state index contributed by atoms with van der Waals surface area (Å²) in [6, 6.07) is 14.6. The third-order valence-corrected chi connectivity index (χ3v) is 4.95. The van der Waals surface area contributed by atoms with E-state index in [0.29, 0.717) is 27.9 Å². The lowest BCUT2D eigenvalue weighted by Crippen LogP contribution is -2.10. The molecule has 0 radical (unpaired) electrons. The number of rotatable bonds is 6. The van der Waals surface area contributed by atoms with Gasteiger partial charge in [-0.1, -0.05) is 17.7 Å². The molecule has 0 saturated carbocycles. The average Bonchev–Trinajstić information content (AvgIpc) is 3.10. The van der Waals surface area contributed by atoms with E-state index in [1.807, 2.05) is 48.7 Å². The number of hydrogen-bond donors (Lipinski definition) is 1. The zero-order chi connectivity index (χ0) is 18.5. The topological polar surface area (TPSA) is 47.6 Å². The van der Waals surface area contributed by atoms with Crippen LogP contribution >= 0.6 is 22.9 Å². The Bertz CT molecular complexity index is 923. The highest BCUT2D eigenvalue weighted by atomic mass is 35.5. The summed E-state index contributed by atoms with van der Waals surface area (Å²) in [5.41, 5.74) is 2.61. The molecule has 0 fully saturated rings. The van der Waals surface area contributed by atoms with Crippen LogP contribution in [0.5, 0.6) is 11.5 Å². The number of methoxy groups -OCH3 is 1. The monoisotopic (exact) mass is 387 g/mol. The van der Waals surface area contributed by atoms with Crippen LogP contribution in [0, 0.1) is 6.92 Å². The Balaban J connectivity index is 1.62. The van der Waals surface area contributed by atoms with Crippen molar-refractivity contribution in [2.45, 2.75) is 13.5 Å². The molecule has 134 valence electrons. The van der Waals surface area contributed by atoms with Gasteiger partial charge in [-0.15, -0.1) is 11.3 Å². The zero-order valence-corrected chi connectivity index (χ0v) is 16.0. The first-order valence-corrected chi connectivity index (χ1v) is 9.22. The maximum absolute atomic E-state index is 12.4. The molecule has 0 saturated heterocycles. The molecule has 2 aromatic carbocycles. The van der Waals surface area contributed by atoms with Crippen molar-refractivity contribution in [1.82, 2.24) is 0 Å². The van der Waals surface area contributed by atoms with Crippen LogP contribution in [-0.2, 0) is 6.61 Å². The van der Waals surface area contributed by atoms with Gasteiger partial charge >= 0.3 is 0 Å². The molecule has 3 rings (SSSR count). The lowest BCUT2D eigenvalue weighted by atomic mass is 10.2. The first kappa shape index (κ1) is 18.3. The highest BCUT2D eigenvalue weighted by Crippen LogP contribution is 2.24. The first-order valence-electron chi connectivity index (χ1n) is 7.97. The van der Waals surface area contributed by atoms with Gasteiger partial charge in [-0.2, -0.15) is 0 Å². The largest absolute Gasteiger partial charge is 0.497 e. The Morgan fingerprint density at radius 1 is 1.19 bits per heavy atom. The quantitative estimate of drug-likeness (QED) is 0.603. The number of aryl methyl sites for hydroxylation is 1. The number of thiophene rings is 1. The van der Waals surface area contributed by atoms with Gasteiger partial charge in [0.1, 0.15) is 18.1 Å². The van der Waals surface area contributed by atoms with Crippen molar-refractivity contribution in [3.63, 3.8) is 0 Å². The predicted molar refractivity (Wildman–Crippen MR) is 106 cm³/mol. The molecule has 6 heteroatoms. The molecule has 1 N–H and O–H groups in total. The van der Waals surface area contributed by atoms with Gasteiger partial charge in [0.05, 0.1) is 12.0 Å². The van der Waals surface area contributed by atoms with Gasteiger partial charge in [-0.25, -0.2) is 0 Å². The van der Waals surface area contributed by atoms with Crippen molar-refractivity contribution in [3.05, 3.63) is 74.9 Å². The molecule has 0 bridgehead atoms.